The first-order valence-corrected chi connectivity index (χ1v) is 3.78. The van der Waals surface area contributed by atoms with Gasteiger partial charge >= 0.3 is 0 Å². The zero-order valence-corrected chi connectivity index (χ0v) is 7.34. The van der Waals surface area contributed by atoms with Crippen LogP contribution in [0.25, 0.3) is 0 Å². The molecule has 0 aliphatic rings. The molecule has 1 aromatic carbocycles. The molecule has 64 valence electrons. The lowest BCUT2D eigenvalue weighted by Gasteiger charge is -2.12. The van der Waals surface area contributed by atoms with E-state index in [1.54, 1.807) is 18.2 Å². The summed E-state index contributed by atoms with van der Waals surface area (Å²) in [5.41, 5.74) is 1.39. The van der Waals surface area contributed by atoms with Crippen molar-refractivity contribution in [1.29, 1.82) is 5.41 Å². The summed E-state index contributed by atoms with van der Waals surface area (Å²) >= 11 is 5.71. The van der Waals surface area contributed by atoms with Gasteiger partial charge in [-0.15, -0.1) is 0 Å². The number of rotatable bonds is 2. The summed E-state index contributed by atoms with van der Waals surface area (Å²) in [7, 11) is 0. The highest BCUT2D eigenvalue weighted by Gasteiger charge is 2.03. The Hall–Kier alpha value is -1.06. The van der Waals surface area contributed by atoms with Crippen LogP contribution in [0, 0.1) is 12.3 Å². The standard InChI is InChI=1S/C8H9ClN2O/c1-6-4-7(9)2-3-8(6)11(12)5-10/h2-5,10,12H,1H3. The molecular formula is C8H9ClN2O. The second-order valence-electron chi connectivity index (χ2n) is 2.40. The van der Waals surface area contributed by atoms with Gasteiger partial charge in [-0.2, -0.15) is 0 Å². The summed E-state index contributed by atoms with van der Waals surface area (Å²) in [4.78, 5) is 0. The van der Waals surface area contributed by atoms with E-state index in [1.165, 1.54) is 0 Å². The number of nitrogens with one attached hydrogen (secondary N) is 1. The van der Waals surface area contributed by atoms with Crippen LogP contribution in [0.2, 0.25) is 5.02 Å². The van der Waals surface area contributed by atoms with Crippen LogP contribution < -0.4 is 5.06 Å². The van der Waals surface area contributed by atoms with Gasteiger partial charge in [-0.3, -0.25) is 10.6 Å². The van der Waals surface area contributed by atoms with Crippen LogP contribution in [0.5, 0.6) is 0 Å². The van der Waals surface area contributed by atoms with Gasteiger partial charge in [0.05, 0.1) is 5.69 Å². The van der Waals surface area contributed by atoms with E-state index in [1.807, 2.05) is 6.92 Å². The second kappa shape index (κ2) is 3.56. The first-order valence-electron chi connectivity index (χ1n) is 3.40. The second-order valence-corrected chi connectivity index (χ2v) is 2.84. The average Bonchev–Trinajstić information content (AvgIpc) is 2.03. The fraction of sp³-hybridized carbons (Fsp3) is 0.125. The molecule has 3 nitrogen and oxygen atoms in total. The number of halogens is 1. The largest absolute Gasteiger partial charge is 0.289 e. The van der Waals surface area contributed by atoms with Crippen molar-refractivity contribution < 1.29 is 5.21 Å². The zero-order valence-electron chi connectivity index (χ0n) is 6.58. The van der Waals surface area contributed by atoms with Gasteiger partial charge in [-0.05, 0) is 30.7 Å². The first kappa shape index (κ1) is 9.03. The Kier molecular flexibility index (Phi) is 2.68. The van der Waals surface area contributed by atoms with Crippen molar-refractivity contribution in [2.75, 3.05) is 5.06 Å². The average molecular weight is 185 g/mol. The molecule has 4 heteroatoms. The molecule has 12 heavy (non-hydrogen) atoms. The van der Waals surface area contributed by atoms with Crippen LogP contribution >= 0.6 is 11.6 Å². The molecule has 0 saturated heterocycles. The van der Waals surface area contributed by atoms with Crippen molar-refractivity contribution >= 4 is 23.6 Å². The normalized spacial score (nSPS) is 9.58. The Balaban J connectivity index is 3.09. The predicted molar refractivity (Wildman–Crippen MR) is 49.2 cm³/mol. The van der Waals surface area contributed by atoms with Crippen LogP contribution in [-0.2, 0) is 0 Å². The number of hydrogen-bond donors (Lipinski definition) is 2. The molecule has 0 aliphatic carbocycles. The third-order valence-electron chi connectivity index (χ3n) is 1.53. The van der Waals surface area contributed by atoms with E-state index >= 15 is 0 Å². The SMILES string of the molecule is Cc1cc(Cl)ccc1N(O)C=N. The maximum Gasteiger partial charge on any atom is 0.113 e. The van der Waals surface area contributed by atoms with E-state index in [0.29, 0.717) is 10.7 Å². The Morgan fingerprint density at radius 2 is 2.25 bits per heavy atom. The van der Waals surface area contributed by atoms with E-state index in [-0.39, 0.29) is 0 Å². The van der Waals surface area contributed by atoms with Crippen LogP contribution in [0.1, 0.15) is 5.56 Å². The molecule has 0 unspecified atom stereocenters. The minimum absolute atomic E-state index is 0.564. The maximum absolute atomic E-state index is 9.15. The van der Waals surface area contributed by atoms with E-state index in [4.69, 9.17) is 22.2 Å². The number of hydrogen-bond acceptors (Lipinski definition) is 2. The summed E-state index contributed by atoms with van der Waals surface area (Å²) in [6, 6.07) is 5.04. The summed E-state index contributed by atoms with van der Waals surface area (Å²) in [5.74, 6) is 0. The van der Waals surface area contributed by atoms with E-state index < -0.39 is 0 Å². The van der Waals surface area contributed by atoms with E-state index in [2.05, 4.69) is 0 Å². The Bertz CT molecular complexity index is 301. The molecule has 0 bridgehead atoms. The topological polar surface area (TPSA) is 47.3 Å². The van der Waals surface area contributed by atoms with Crippen molar-refractivity contribution in [3.63, 3.8) is 0 Å². The first-order chi connectivity index (χ1) is 5.65. The molecular weight excluding hydrogens is 176 g/mol. The van der Waals surface area contributed by atoms with Crippen molar-refractivity contribution in [2.45, 2.75) is 6.92 Å². The van der Waals surface area contributed by atoms with Gasteiger partial charge in [0.25, 0.3) is 0 Å². The number of aryl methyl sites for hydroxylation is 1. The Labute approximate surface area is 75.7 Å². The number of anilines is 1. The molecule has 0 aromatic heterocycles. The number of hydroxylamine groups is 1. The molecule has 0 fully saturated rings. The minimum Gasteiger partial charge on any atom is -0.289 e. The number of nitrogens with zero attached hydrogens (tertiary/aromatic N) is 1. The van der Waals surface area contributed by atoms with Gasteiger partial charge in [0.15, 0.2) is 0 Å². The number of benzene rings is 1. The van der Waals surface area contributed by atoms with Gasteiger partial charge in [-0.1, -0.05) is 11.6 Å². The van der Waals surface area contributed by atoms with Gasteiger partial charge < -0.3 is 0 Å². The molecule has 0 radical (unpaired) electrons. The summed E-state index contributed by atoms with van der Waals surface area (Å²) < 4.78 is 0. The summed E-state index contributed by atoms with van der Waals surface area (Å²) in [5, 5.41) is 17.3. The highest BCUT2D eigenvalue weighted by Crippen LogP contribution is 2.21. The Morgan fingerprint density at radius 1 is 1.58 bits per heavy atom. The zero-order chi connectivity index (χ0) is 9.14. The fourth-order valence-electron chi connectivity index (χ4n) is 0.945. The van der Waals surface area contributed by atoms with E-state index in [9.17, 15) is 0 Å². The quantitative estimate of drug-likeness (QED) is 0.421. The third-order valence-corrected chi connectivity index (χ3v) is 1.76. The molecule has 0 aliphatic heterocycles. The summed E-state index contributed by atoms with van der Waals surface area (Å²) in [6.07, 6.45) is 0.830. The van der Waals surface area contributed by atoms with Crippen molar-refractivity contribution in [2.24, 2.45) is 0 Å². The lowest BCUT2D eigenvalue weighted by molar-refractivity contribution is 0.315. The fourth-order valence-corrected chi connectivity index (χ4v) is 1.17. The summed E-state index contributed by atoms with van der Waals surface area (Å²) in [6.45, 7) is 1.81. The Morgan fingerprint density at radius 3 is 2.75 bits per heavy atom. The van der Waals surface area contributed by atoms with Crippen LogP contribution in [0.4, 0.5) is 5.69 Å². The molecule has 1 aromatic rings. The van der Waals surface area contributed by atoms with Crippen LogP contribution in [-0.4, -0.2) is 11.5 Å². The highest BCUT2D eigenvalue weighted by atomic mass is 35.5. The smallest absolute Gasteiger partial charge is 0.113 e. The van der Waals surface area contributed by atoms with Crippen molar-refractivity contribution in [3.05, 3.63) is 28.8 Å². The van der Waals surface area contributed by atoms with Crippen molar-refractivity contribution in [3.8, 4) is 0 Å². The molecule has 2 N–H and O–H groups in total. The van der Waals surface area contributed by atoms with Crippen LogP contribution in [0.15, 0.2) is 18.2 Å². The van der Waals surface area contributed by atoms with Gasteiger partial charge in [0.2, 0.25) is 0 Å². The minimum atomic E-state index is 0.564. The molecule has 1 rings (SSSR count). The van der Waals surface area contributed by atoms with Gasteiger partial charge in [-0.25, -0.2) is 5.06 Å². The molecule has 0 heterocycles. The van der Waals surface area contributed by atoms with Gasteiger partial charge in [0, 0.05) is 5.02 Å². The predicted octanol–water partition coefficient (Wildman–Crippen LogP) is 2.45. The molecule has 0 amide bonds. The molecule has 0 atom stereocenters. The lowest BCUT2D eigenvalue weighted by atomic mass is 10.2. The molecule has 0 saturated carbocycles. The van der Waals surface area contributed by atoms with E-state index in [0.717, 1.165) is 17.0 Å². The van der Waals surface area contributed by atoms with Crippen LogP contribution in [0.3, 0.4) is 0 Å². The lowest BCUT2D eigenvalue weighted by Crippen LogP contribution is -2.15. The highest BCUT2D eigenvalue weighted by molar-refractivity contribution is 6.30. The van der Waals surface area contributed by atoms with Crippen molar-refractivity contribution in [1.82, 2.24) is 0 Å². The third kappa shape index (κ3) is 1.75. The molecule has 0 spiro atoms. The monoisotopic (exact) mass is 184 g/mol. The van der Waals surface area contributed by atoms with Gasteiger partial charge in [0.1, 0.15) is 6.34 Å². The maximum atomic E-state index is 9.15.